The molecule has 0 nitrogen and oxygen atoms in total. The fraction of sp³-hybridized carbons (Fsp3) is 0.154. The Balaban J connectivity index is 3.16. The van der Waals surface area contributed by atoms with Gasteiger partial charge in [-0.15, -0.1) is 0 Å². The Bertz CT molecular complexity index is 313. The molecule has 0 aliphatic heterocycles. The van der Waals surface area contributed by atoms with Crippen molar-refractivity contribution in [3.05, 3.63) is 55.0 Å². The molecule has 1 atom stereocenters. The molecule has 1 unspecified atom stereocenters. The maximum Gasteiger partial charge on any atom is 0.0962 e. The molecule has 0 fully saturated rings. The normalized spacial score (nSPS) is 12.1. The van der Waals surface area contributed by atoms with Gasteiger partial charge in [-0.05, 0) is 29.7 Å². The van der Waals surface area contributed by atoms with E-state index in [1.54, 1.807) is 12.2 Å². The summed E-state index contributed by atoms with van der Waals surface area (Å²) in [6, 6.07) is 5.75. The predicted octanol–water partition coefficient (Wildman–Crippen LogP) is 3.86. The molecular formula is C13H14F. The molecule has 0 heterocycles. The van der Waals surface area contributed by atoms with Crippen LogP contribution in [0.5, 0.6) is 0 Å². The quantitative estimate of drug-likeness (QED) is 0.674. The van der Waals surface area contributed by atoms with Crippen molar-refractivity contribution < 1.29 is 4.39 Å². The molecule has 0 spiro atoms. The Hall–Kier alpha value is -1.37. The minimum Gasteiger partial charge on any atom is -0.250 e. The van der Waals surface area contributed by atoms with Gasteiger partial charge in [0, 0.05) is 5.92 Å². The van der Waals surface area contributed by atoms with E-state index >= 15 is 0 Å². The molecular weight excluding hydrogens is 175 g/mol. The van der Waals surface area contributed by atoms with Gasteiger partial charge in [0.1, 0.15) is 0 Å². The van der Waals surface area contributed by atoms with Crippen LogP contribution in [0, 0.1) is 6.92 Å². The van der Waals surface area contributed by atoms with E-state index in [9.17, 15) is 4.39 Å². The van der Waals surface area contributed by atoms with Gasteiger partial charge in [-0.25, -0.2) is 0 Å². The monoisotopic (exact) mass is 189 g/mol. The van der Waals surface area contributed by atoms with Gasteiger partial charge >= 0.3 is 0 Å². The highest BCUT2D eigenvalue weighted by Crippen LogP contribution is 2.20. The summed E-state index contributed by atoms with van der Waals surface area (Å²) in [5.41, 5.74) is 2.83. The number of alkyl halides is 1. The summed E-state index contributed by atoms with van der Waals surface area (Å²) in [7, 11) is 0. The molecule has 73 valence electrons. The third-order valence-electron chi connectivity index (χ3n) is 2.13. The summed E-state index contributed by atoms with van der Waals surface area (Å²) in [5.74, 6) is -0.311. The third kappa shape index (κ3) is 2.32. The number of halogens is 1. The summed E-state index contributed by atoms with van der Waals surface area (Å²) in [5, 5.41) is 0. The Morgan fingerprint density at radius 1 is 1.14 bits per heavy atom. The zero-order valence-corrected chi connectivity index (χ0v) is 8.17. The molecule has 1 aromatic carbocycles. The number of benzene rings is 1. The van der Waals surface area contributed by atoms with E-state index in [2.05, 4.69) is 20.1 Å². The van der Waals surface area contributed by atoms with Gasteiger partial charge in [-0.2, -0.15) is 0 Å². The summed E-state index contributed by atoms with van der Waals surface area (Å²) in [4.78, 5) is 0. The summed E-state index contributed by atoms with van der Waals surface area (Å²) < 4.78 is 12.4. The number of hydrogen-bond acceptors (Lipinski definition) is 0. The second-order valence-corrected chi connectivity index (χ2v) is 3.19. The Morgan fingerprint density at radius 2 is 1.64 bits per heavy atom. The number of rotatable bonds is 4. The SMILES string of the molecule is [CH2]C(CF)c1cc(C=C)cc(C=C)c1. The summed E-state index contributed by atoms with van der Waals surface area (Å²) in [6.45, 7) is 10.7. The molecule has 0 amide bonds. The lowest BCUT2D eigenvalue weighted by Gasteiger charge is -2.09. The lowest BCUT2D eigenvalue weighted by atomic mass is 9.97. The van der Waals surface area contributed by atoms with Crippen molar-refractivity contribution in [3.8, 4) is 0 Å². The zero-order valence-electron chi connectivity index (χ0n) is 8.17. The lowest BCUT2D eigenvalue weighted by molar-refractivity contribution is 0.465. The first-order chi connectivity index (χ1) is 6.71. The molecule has 0 saturated carbocycles. The highest BCUT2D eigenvalue weighted by Gasteiger charge is 2.06. The first kappa shape index (κ1) is 10.7. The van der Waals surface area contributed by atoms with Crippen LogP contribution in [0.1, 0.15) is 22.6 Å². The largest absolute Gasteiger partial charge is 0.250 e. The van der Waals surface area contributed by atoms with Crippen LogP contribution in [0.25, 0.3) is 12.2 Å². The van der Waals surface area contributed by atoms with Crippen molar-refractivity contribution >= 4 is 12.2 Å². The van der Waals surface area contributed by atoms with Gasteiger partial charge in [-0.1, -0.05) is 37.4 Å². The van der Waals surface area contributed by atoms with Crippen molar-refractivity contribution in [2.45, 2.75) is 5.92 Å². The summed E-state index contributed by atoms with van der Waals surface area (Å²) >= 11 is 0. The third-order valence-corrected chi connectivity index (χ3v) is 2.13. The molecule has 0 N–H and O–H groups in total. The molecule has 1 heteroatoms. The van der Waals surface area contributed by atoms with Gasteiger partial charge in [0.2, 0.25) is 0 Å². The van der Waals surface area contributed by atoms with E-state index in [0.717, 1.165) is 16.7 Å². The first-order valence-corrected chi connectivity index (χ1v) is 4.50. The van der Waals surface area contributed by atoms with E-state index in [1.807, 2.05) is 18.2 Å². The Kier molecular flexibility index (Phi) is 3.63. The van der Waals surface area contributed by atoms with Gasteiger partial charge in [0.25, 0.3) is 0 Å². The summed E-state index contributed by atoms with van der Waals surface area (Å²) in [6.07, 6.45) is 3.48. The van der Waals surface area contributed by atoms with Crippen molar-refractivity contribution in [1.82, 2.24) is 0 Å². The van der Waals surface area contributed by atoms with Crippen LogP contribution in [0.15, 0.2) is 31.4 Å². The maximum absolute atomic E-state index is 12.4. The van der Waals surface area contributed by atoms with Crippen molar-refractivity contribution in [2.24, 2.45) is 0 Å². The Morgan fingerprint density at radius 3 is 2.00 bits per heavy atom. The molecule has 0 bridgehead atoms. The van der Waals surface area contributed by atoms with Gasteiger partial charge < -0.3 is 0 Å². The van der Waals surface area contributed by atoms with Crippen molar-refractivity contribution in [1.29, 1.82) is 0 Å². The van der Waals surface area contributed by atoms with E-state index in [1.165, 1.54) is 0 Å². The fourth-order valence-electron chi connectivity index (χ4n) is 1.26. The van der Waals surface area contributed by atoms with Crippen molar-refractivity contribution in [2.75, 3.05) is 6.67 Å². The first-order valence-electron chi connectivity index (χ1n) is 4.50. The van der Waals surface area contributed by atoms with Crippen LogP contribution in [-0.4, -0.2) is 6.67 Å². The minimum atomic E-state index is -0.447. The fourth-order valence-corrected chi connectivity index (χ4v) is 1.26. The molecule has 1 aromatic rings. The predicted molar refractivity (Wildman–Crippen MR) is 60.7 cm³/mol. The van der Waals surface area contributed by atoms with E-state index < -0.39 is 6.67 Å². The topological polar surface area (TPSA) is 0 Å². The molecule has 0 aliphatic rings. The lowest BCUT2D eigenvalue weighted by Crippen LogP contribution is -1.96. The van der Waals surface area contributed by atoms with E-state index in [4.69, 9.17) is 0 Å². The van der Waals surface area contributed by atoms with Gasteiger partial charge in [0.05, 0.1) is 6.67 Å². The van der Waals surface area contributed by atoms with E-state index in [0.29, 0.717) is 0 Å². The smallest absolute Gasteiger partial charge is 0.0962 e. The van der Waals surface area contributed by atoms with Crippen LogP contribution in [-0.2, 0) is 0 Å². The maximum atomic E-state index is 12.4. The average molecular weight is 189 g/mol. The minimum absolute atomic E-state index is 0.311. The Labute approximate surface area is 84.8 Å². The van der Waals surface area contributed by atoms with Crippen LogP contribution >= 0.6 is 0 Å². The standard InChI is InChI=1S/C13H14F/c1-4-11-6-12(5-2)8-13(7-11)10(3)9-14/h4-8,10H,1-3,9H2. The van der Waals surface area contributed by atoms with Crippen molar-refractivity contribution in [3.63, 3.8) is 0 Å². The highest BCUT2D eigenvalue weighted by atomic mass is 19.1. The molecule has 14 heavy (non-hydrogen) atoms. The molecule has 0 aromatic heterocycles. The molecule has 1 rings (SSSR count). The molecule has 1 radical (unpaired) electrons. The zero-order chi connectivity index (χ0) is 10.6. The van der Waals surface area contributed by atoms with Crippen LogP contribution in [0.2, 0.25) is 0 Å². The van der Waals surface area contributed by atoms with Gasteiger partial charge in [0.15, 0.2) is 0 Å². The highest BCUT2D eigenvalue weighted by molar-refractivity contribution is 5.58. The van der Waals surface area contributed by atoms with Gasteiger partial charge in [-0.3, -0.25) is 4.39 Å². The van der Waals surface area contributed by atoms with E-state index in [-0.39, 0.29) is 5.92 Å². The second kappa shape index (κ2) is 4.75. The molecule has 0 saturated heterocycles. The average Bonchev–Trinajstić information content (AvgIpc) is 2.27. The van der Waals surface area contributed by atoms with Crippen LogP contribution in [0.4, 0.5) is 4.39 Å². The molecule has 0 aliphatic carbocycles. The van der Waals surface area contributed by atoms with Crippen LogP contribution in [0.3, 0.4) is 0 Å². The number of hydrogen-bond donors (Lipinski definition) is 0. The van der Waals surface area contributed by atoms with Crippen LogP contribution < -0.4 is 0 Å². The second-order valence-electron chi connectivity index (χ2n) is 3.19.